The van der Waals surface area contributed by atoms with Gasteiger partial charge < -0.3 is 11.1 Å². The number of amides is 1. The zero-order valence-corrected chi connectivity index (χ0v) is 7.78. The highest BCUT2D eigenvalue weighted by atomic mass is 16.2. The Hall–Kier alpha value is -1.69. The first-order valence-electron chi connectivity index (χ1n) is 4.20. The van der Waals surface area contributed by atoms with E-state index in [1.807, 2.05) is 0 Å². The molecule has 14 heavy (non-hydrogen) atoms. The molecule has 76 valence electrons. The number of rotatable bonds is 3. The third-order valence-corrected chi connectivity index (χ3v) is 1.64. The zero-order valence-electron chi connectivity index (χ0n) is 7.78. The first kappa shape index (κ1) is 10.4. The Morgan fingerprint density at radius 3 is 2.93 bits per heavy atom. The number of H-pyrrole nitrogens is 1. The number of carbonyl (C=O) groups excluding carboxylic acids is 1. The van der Waals surface area contributed by atoms with Crippen molar-refractivity contribution in [3.63, 3.8) is 0 Å². The molecule has 1 rings (SSSR count). The van der Waals surface area contributed by atoms with Crippen molar-refractivity contribution >= 4 is 5.91 Å². The normalized spacial score (nSPS) is 12.1. The molecule has 0 aliphatic rings. The van der Waals surface area contributed by atoms with E-state index in [2.05, 4.69) is 15.5 Å². The summed E-state index contributed by atoms with van der Waals surface area (Å²) in [6, 6.07) is 2.49. The number of nitrogens with two attached hydrogens (primary N) is 1. The molecule has 1 heterocycles. The minimum Gasteiger partial charge on any atom is -0.347 e. The van der Waals surface area contributed by atoms with Gasteiger partial charge in [0.05, 0.1) is 0 Å². The number of carbonyl (C=O) groups is 1. The molecule has 1 aromatic rings. The van der Waals surface area contributed by atoms with Gasteiger partial charge in [-0.1, -0.05) is 0 Å². The van der Waals surface area contributed by atoms with Gasteiger partial charge in [-0.05, 0) is 13.0 Å². The maximum absolute atomic E-state index is 11.4. The van der Waals surface area contributed by atoms with Gasteiger partial charge in [-0.15, -0.1) is 0 Å². The smallest absolute Gasteiger partial charge is 0.271 e. The average molecular weight is 196 g/mol. The molecule has 6 heteroatoms. The van der Waals surface area contributed by atoms with Crippen LogP contribution in [-0.4, -0.2) is 28.7 Å². The Kier molecular flexibility index (Phi) is 3.35. The van der Waals surface area contributed by atoms with Crippen molar-refractivity contribution in [1.82, 2.24) is 15.5 Å². The molecule has 0 bridgehead atoms. The fraction of sp³-hybridized carbons (Fsp3) is 0.375. The highest BCUT2D eigenvalue weighted by molar-refractivity contribution is 5.92. The number of aromatic nitrogens is 2. The van der Waals surface area contributed by atoms with E-state index >= 15 is 0 Å². The van der Waals surface area contributed by atoms with Crippen molar-refractivity contribution in [2.24, 2.45) is 5.73 Å². The molecule has 0 radical (unpaired) electrons. The van der Waals surface area contributed by atoms with Crippen LogP contribution in [0.2, 0.25) is 0 Å². The number of hydrogen-bond donors (Lipinski definition) is 3. The van der Waals surface area contributed by atoms with E-state index in [0.717, 1.165) is 0 Å². The summed E-state index contributed by atoms with van der Waals surface area (Å²) in [6.45, 7) is 2.14. The first-order chi connectivity index (χ1) is 6.63. The maximum atomic E-state index is 11.4. The van der Waals surface area contributed by atoms with Gasteiger partial charge in [0.1, 0.15) is 5.69 Å². The van der Waals surface area contributed by atoms with Crippen molar-refractivity contribution in [1.29, 1.82) is 0 Å². The topological polar surface area (TPSA) is 101 Å². The summed E-state index contributed by atoms with van der Waals surface area (Å²) in [5.74, 6) is -0.348. The lowest BCUT2D eigenvalue weighted by Gasteiger charge is -2.09. The van der Waals surface area contributed by atoms with E-state index in [1.54, 1.807) is 6.92 Å². The summed E-state index contributed by atoms with van der Waals surface area (Å²) in [5, 5.41) is 8.37. The molecule has 0 unspecified atom stereocenters. The zero-order chi connectivity index (χ0) is 10.6. The number of aromatic amines is 1. The lowest BCUT2D eigenvalue weighted by atomic mass is 10.3. The molecule has 0 spiro atoms. The molecular formula is C8H12N4O2. The highest BCUT2D eigenvalue weighted by Gasteiger charge is 2.09. The molecule has 0 aromatic carbocycles. The quantitative estimate of drug-likeness (QED) is 0.568. The van der Waals surface area contributed by atoms with Crippen LogP contribution >= 0.6 is 0 Å². The lowest BCUT2D eigenvalue weighted by Crippen LogP contribution is -2.38. The molecule has 6 nitrogen and oxygen atoms in total. The van der Waals surface area contributed by atoms with Gasteiger partial charge in [0.25, 0.3) is 11.5 Å². The molecule has 1 atom stereocenters. The van der Waals surface area contributed by atoms with Crippen molar-refractivity contribution < 1.29 is 4.79 Å². The second kappa shape index (κ2) is 4.52. The monoisotopic (exact) mass is 196 g/mol. The van der Waals surface area contributed by atoms with Gasteiger partial charge in [-0.2, -0.15) is 5.10 Å². The Balaban J connectivity index is 2.70. The van der Waals surface area contributed by atoms with Gasteiger partial charge in [0.15, 0.2) is 0 Å². The van der Waals surface area contributed by atoms with Crippen LogP contribution in [0.25, 0.3) is 0 Å². The van der Waals surface area contributed by atoms with Crippen LogP contribution in [0.1, 0.15) is 17.4 Å². The van der Waals surface area contributed by atoms with Crippen LogP contribution < -0.4 is 16.6 Å². The van der Waals surface area contributed by atoms with E-state index in [4.69, 9.17) is 5.73 Å². The molecule has 1 aromatic heterocycles. The molecule has 0 fully saturated rings. The maximum Gasteiger partial charge on any atom is 0.271 e. The van der Waals surface area contributed by atoms with Crippen LogP contribution in [0, 0.1) is 0 Å². The van der Waals surface area contributed by atoms with Gasteiger partial charge in [-0.25, -0.2) is 5.10 Å². The number of nitrogens with zero attached hydrogens (tertiary/aromatic N) is 1. The summed E-state index contributed by atoms with van der Waals surface area (Å²) in [7, 11) is 0. The van der Waals surface area contributed by atoms with Crippen molar-refractivity contribution in [2.45, 2.75) is 13.0 Å². The largest absolute Gasteiger partial charge is 0.347 e. The van der Waals surface area contributed by atoms with Gasteiger partial charge in [-0.3, -0.25) is 9.59 Å². The van der Waals surface area contributed by atoms with E-state index in [-0.39, 0.29) is 23.2 Å². The Labute approximate surface area is 80.5 Å². The van der Waals surface area contributed by atoms with E-state index in [1.165, 1.54) is 12.1 Å². The predicted molar refractivity (Wildman–Crippen MR) is 50.8 cm³/mol. The Morgan fingerprint density at radius 2 is 2.43 bits per heavy atom. The fourth-order valence-corrected chi connectivity index (χ4v) is 0.828. The van der Waals surface area contributed by atoms with Gasteiger partial charge in [0.2, 0.25) is 0 Å². The predicted octanol–water partition coefficient (Wildman–Crippen LogP) is -1.15. The first-order valence-corrected chi connectivity index (χ1v) is 4.20. The van der Waals surface area contributed by atoms with Crippen molar-refractivity contribution in [3.8, 4) is 0 Å². The summed E-state index contributed by atoms with van der Waals surface area (Å²) < 4.78 is 0. The minimum atomic E-state index is -0.348. The number of nitrogens with one attached hydrogen (secondary N) is 2. The van der Waals surface area contributed by atoms with Crippen LogP contribution in [0.5, 0.6) is 0 Å². The minimum absolute atomic E-state index is 0.115. The van der Waals surface area contributed by atoms with Crippen LogP contribution in [0.4, 0.5) is 0 Å². The summed E-state index contributed by atoms with van der Waals surface area (Å²) in [4.78, 5) is 22.0. The second-order valence-corrected chi connectivity index (χ2v) is 2.92. The molecular weight excluding hydrogens is 184 g/mol. The van der Waals surface area contributed by atoms with E-state index < -0.39 is 0 Å². The summed E-state index contributed by atoms with van der Waals surface area (Å²) >= 11 is 0. The summed E-state index contributed by atoms with van der Waals surface area (Å²) in [5.41, 5.74) is 5.16. The van der Waals surface area contributed by atoms with Crippen molar-refractivity contribution in [3.05, 3.63) is 28.2 Å². The van der Waals surface area contributed by atoms with Crippen LogP contribution in [0.3, 0.4) is 0 Å². The third kappa shape index (κ3) is 2.67. The third-order valence-electron chi connectivity index (χ3n) is 1.64. The summed E-state index contributed by atoms with van der Waals surface area (Å²) in [6.07, 6.45) is 0. The molecule has 0 saturated carbocycles. The molecule has 1 amide bonds. The van der Waals surface area contributed by atoms with Crippen LogP contribution in [0.15, 0.2) is 16.9 Å². The standard InChI is InChI=1S/C8H12N4O2/c1-5(4-9)10-8(14)6-2-3-7(13)12-11-6/h2-3,5H,4,9H2,1H3,(H,10,14)(H,12,13)/t5-/m1/s1. The van der Waals surface area contributed by atoms with Gasteiger partial charge >= 0.3 is 0 Å². The van der Waals surface area contributed by atoms with E-state index in [0.29, 0.717) is 6.54 Å². The van der Waals surface area contributed by atoms with Gasteiger partial charge in [0, 0.05) is 18.7 Å². The SMILES string of the molecule is C[C@H](CN)NC(=O)c1ccc(=O)[nH]n1. The molecule has 0 aliphatic carbocycles. The van der Waals surface area contributed by atoms with E-state index in [9.17, 15) is 9.59 Å². The lowest BCUT2D eigenvalue weighted by molar-refractivity contribution is 0.0935. The number of hydrogen-bond acceptors (Lipinski definition) is 4. The highest BCUT2D eigenvalue weighted by Crippen LogP contribution is 1.89. The second-order valence-electron chi connectivity index (χ2n) is 2.92. The van der Waals surface area contributed by atoms with Crippen molar-refractivity contribution in [2.75, 3.05) is 6.54 Å². The van der Waals surface area contributed by atoms with Crippen LogP contribution in [-0.2, 0) is 0 Å². The molecule has 0 aliphatic heterocycles. The average Bonchev–Trinajstić information content (AvgIpc) is 2.18. The molecule has 4 N–H and O–H groups in total. The Bertz CT molecular complexity index is 353. The fourth-order valence-electron chi connectivity index (χ4n) is 0.828. The molecule has 0 saturated heterocycles. The Morgan fingerprint density at radius 1 is 1.71 bits per heavy atom.